The lowest BCUT2D eigenvalue weighted by Gasteiger charge is -2.06. The van der Waals surface area contributed by atoms with Gasteiger partial charge in [0.25, 0.3) is 0 Å². The van der Waals surface area contributed by atoms with Crippen molar-refractivity contribution >= 4 is 11.8 Å². The minimum Gasteiger partial charge on any atom is -0.455 e. The van der Waals surface area contributed by atoms with Gasteiger partial charge in [-0.2, -0.15) is 0 Å². The lowest BCUT2D eigenvalue weighted by molar-refractivity contribution is -0.143. The van der Waals surface area contributed by atoms with Gasteiger partial charge in [0.2, 0.25) is 0 Å². The SMILES string of the molecule is C=CC(=O)OCC(=O)CC(C)CC. The van der Waals surface area contributed by atoms with E-state index in [9.17, 15) is 9.59 Å². The number of esters is 1. The Balaban J connectivity index is 3.63. The van der Waals surface area contributed by atoms with Crippen molar-refractivity contribution < 1.29 is 14.3 Å². The Morgan fingerprint density at radius 1 is 1.54 bits per heavy atom. The lowest BCUT2D eigenvalue weighted by atomic mass is 10.0. The quantitative estimate of drug-likeness (QED) is 0.466. The zero-order valence-electron chi connectivity index (χ0n) is 8.21. The highest BCUT2D eigenvalue weighted by atomic mass is 16.5. The first-order valence-corrected chi connectivity index (χ1v) is 4.41. The average Bonchev–Trinajstić information content (AvgIpc) is 2.13. The number of ether oxygens (including phenoxy) is 1. The largest absolute Gasteiger partial charge is 0.455 e. The van der Waals surface area contributed by atoms with Crippen molar-refractivity contribution in [3.63, 3.8) is 0 Å². The molecule has 0 amide bonds. The number of rotatable bonds is 6. The molecule has 0 aromatic heterocycles. The molecule has 0 N–H and O–H groups in total. The zero-order chi connectivity index (χ0) is 10.3. The van der Waals surface area contributed by atoms with Gasteiger partial charge < -0.3 is 4.74 Å². The molecule has 1 atom stereocenters. The average molecular weight is 184 g/mol. The fraction of sp³-hybridized carbons (Fsp3) is 0.600. The van der Waals surface area contributed by atoms with Crippen LogP contribution >= 0.6 is 0 Å². The summed E-state index contributed by atoms with van der Waals surface area (Å²) >= 11 is 0. The molecule has 0 saturated heterocycles. The van der Waals surface area contributed by atoms with E-state index in [1.807, 2.05) is 13.8 Å². The summed E-state index contributed by atoms with van der Waals surface area (Å²) in [4.78, 5) is 21.7. The summed E-state index contributed by atoms with van der Waals surface area (Å²) in [5.74, 6) is -0.225. The van der Waals surface area contributed by atoms with Crippen LogP contribution in [-0.2, 0) is 14.3 Å². The van der Waals surface area contributed by atoms with Crippen molar-refractivity contribution in [1.82, 2.24) is 0 Å². The third kappa shape index (κ3) is 6.08. The van der Waals surface area contributed by atoms with Crippen LogP contribution in [-0.4, -0.2) is 18.4 Å². The molecule has 0 aliphatic rings. The van der Waals surface area contributed by atoms with Crippen LogP contribution in [0.4, 0.5) is 0 Å². The second-order valence-electron chi connectivity index (χ2n) is 3.07. The Labute approximate surface area is 78.8 Å². The van der Waals surface area contributed by atoms with E-state index >= 15 is 0 Å². The fourth-order valence-electron chi connectivity index (χ4n) is 0.802. The van der Waals surface area contributed by atoms with E-state index in [2.05, 4.69) is 11.3 Å². The van der Waals surface area contributed by atoms with E-state index in [-0.39, 0.29) is 12.4 Å². The summed E-state index contributed by atoms with van der Waals surface area (Å²) in [5.41, 5.74) is 0. The molecule has 0 aliphatic carbocycles. The maximum atomic E-state index is 11.1. The summed E-state index contributed by atoms with van der Waals surface area (Å²) in [6.07, 6.45) is 2.48. The van der Waals surface area contributed by atoms with Crippen molar-refractivity contribution in [3.05, 3.63) is 12.7 Å². The molecule has 0 aliphatic heterocycles. The van der Waals surface area contributed by atoms with Gasteiger partial charge in [-0.1, -0.05) is 26.8 Å². The van der Waals surface area contributed by atoms with Crippen LogP contribution < -0.4 is 0 Å². The van der Waals surface area contributed by atoms with E-state index in [1.54, 1.807) is 0 Å². The van der Waals surface area contributed by atoms with Gasteiger partial charge in [0.15, 0.2) is 5.78 Å². The fourth-order valence-corrected chi connectivity index (χ4v) is 0.802. The maximum absolute atomic E-state index is 11.1. The summed E-state index contributed by atoms with van der Waals surface area (Å²) in [5, 5.41) is 0. The van der Waals surface area contributed by atoms with Crippen LogP contribution in [0, 0.1) is 5.92 Å². The van der Waals surface area contributed by atoms with Crippen LogP contribution in [0.2, 0.25) is 0 Å². The molecular weight excluding hydrogens is 168 g/mol. The van der Waals surface area contributed by atoms with Crippen LogP contribution in [0.1, 0.15) is 26.7 Å². The van der Waals surface area contributed by atoms with Crippen molar-refractivity contribution in [2.24, 2.45) is 5.92 Å². The molecule has 0 radical (unpaired) electrons. The predicted octanol–water partition coefficient (Wildman–Crippen LogP) is 1.72. The van der Waals surface area contributed by atoms with Crippen molar-refractivity contribution in [2.75, 3.05) is 6.61 Å². The van der Waals surface area contributed by atoms with Gasteiger partial charge in [-0.3, -0.25) is 4.79 Å². The highest BCUT2D eigenvalue weighted by Crippen LogP contribution is 2.06. The smallest absolute Gasteiger partial charge is 0.330 e. The molecular formula is C10H16O3. The summed E-state index contributed by atoms with van der Waals surface area (Å²) in [6, 6.07) is 0. The molecule has 1 unspecified atom stereocenters. The van der Waals surface area contributed by atoms with Gasteiger partial charge in [0, 0.05) is 12.5 Å². The molecule has 0 fully saturated rings. The molecule has 13 heavy (non-hydrogen) atoms. The normalized spacial score (nSPS) is 11.8. The van der Waals surface area contributed by atoms with Crippen LogP contribution in [0.5, 0.6) is 0 Å². The third-order valence-electron chi connectivity index (χ3n) is 1.82. The van der Waals surface area contributed by atoms with Crippen LogP contribution in [0.15, 0.2) is 12.7 Å². The van der Waals surface area contributed by atoms with Gasteiger partial charge in [0.05, 0.1) is 0 Å². The molecule has 0 spiro atoms. The maximum Gasteiger partial charge on any atom is 0.330 e. The summed E-state index contributed by atoms with van der Waals surface area (Å²) in [6.45, 7) is 7.11. The van der Waals surface area contributed by atoms with Gasteiger partial charge in [0.1, 0.15) is 6.61 Å². The molecule has 0 heterocycles. The third-order valence-corrected chi connectivity index (χ3v) is 1.82. The molecule has 0 aromatic rings. The predicted molar refractivity (Wildman–Crippen MR) is 50.2 cm³/mol. The molecule has 74 valence electrons. The topological polar surface area (TPSA) is 43.4 Å². The summed E-state index contributed by atoms with van der Waals surface area (Å²) < 4.78 is 4.59. The minimum absolute atomic E-state index is 0.0375. The van der Waals surface area contributed by atoms with E-state index in [1.165, 1.54) is 0 Å². The molecule has 0 aromatic carbocycles. The first-order chi connectivity index (χ1) is 6.10. The van der Waals surface area contributed by atoms with Gasteiger partial charge in [-0.05, 0) is 5.92 Å². The van der Waals surface area contributed by atoms with Crippen molar-refractivity contribution in [1.29, 1.82) is 0 Å². The Morgan fingerprint density at radius 2 is 2.15 bits per heavy atom. The van der Waals surface area contributed by atoms with Crippen LogP contribution in [0.3, 0.4) is 0 Å². The molecule has 3 nitrogen and oxygen atoms in total. The standard InChI is InChI=1S/C10H16O3/c1-4-8(3)6-9(11)7-13-10(12)5-2/h5,8H,2,4,6-7H2,1,3H3. The Morgan fingerprint density at radius 3 is 2.62 bits per heavy atom. The van der Waals surface area contributed by atoms with E-state index < -0.39 is 5.97 Å². The minimum atomic E-state index is -0.544. The number of hydrogen-bond acceptors (Lipinski definition) is 3. The number of hydrogen-bond donors (Lipinski definition) is 0. The second-order valence-corrected chi connectivity index (χ2v) is 3.07. The van der Waals surface area contributed by atoms with E-state index in [0.29, 0.717) is 12.3 Å². The first kappa shape index (κ1) is 11.9. The number of ketones is 1. The molecule has 0 rings (SSSR count). The highest BCUT2D eigenvalue weighted by Gasteiger charge is 2.08. The second kappa shape index (κ2) is 6.40. The van der Waals surface area contributed by atoms with E-state index in [4.69, 9.17) is 0 Å². The summed E-state index contributed by atoms with van der Waals surface area (Å²) in [7, 11) is 0. The zero-order valence-corrected chi connectivity index (χ0v) is 8.21. The van der Waals surface area contributed by atoms with Gasteiger partial charge in [-0.25, -0.2) is 4.79 Å². The Hall–Kier alpha value is -1.12. The number of carbonyl (C=O) groups is 2. The highest BCUT2D eigenvalue weighted by molar-refractivity contribution is 5.86. The molecule has 0 bridgehead atoms. The van der Waals surface area contributed by atoms with Crippen molar-refractivity contribution in [2.45, 2.75) is 26.7 Å². The Kier molecular flexibility index (Phi) is 5.85. The van der Waals surface area contributed by atoms with E-state index in [0.717, 1.165) is 12.5 Å². The molecule has 0 saturated carbocycles. The number of carbonyl (C=O) groups excluding carboxylic acids is 2. The Bertz CT molecular complexity index is 196. The number of Topliss-reactive ketones (excluding diaryl/α,β-unsaturated/α-hetero) is 1. The monoisotopic (exact) mass is 184 g/mol. The van der Waals surface area contributed by atoms with Gasteiger partial charge in [-0.15, -0.1) is 0 Å². The van der Waals surface area contributed by atoms with Gasteiger partial charge >= 0.3 is 5.97 Å². The first-order valence-electron chi connectivity index (χ1n) is 4.41. The molecule has 3 heteroatoms. The lowest BCUT2D eigenvalue weighted by Crippen LogP contribution is -2.14. The van der Waals surface area contributed by atoms with Crippen LogP contribution in [0.25, 0.3) is 0 Å². The van der Waals surface area contributed by atoms with Crippen molar-refractivity contribution in [3.8, 4) is 0 Å².